The molecule has 1 nitrogen and oxygen atoms in total. The van der Waals surface area contributed by atoms with Gasteiger partial charge < -0.3 is 4.74 Å². The molecule has 0 amide bonds. The third-order valence-corrected chi connectivity index (χ3v) is 1.69. The van der Waals surface area contributed by atoms with Crippen molar-refractivity contribution in [3.63, 3.8) is 0 Å². The molecule has 46 valence electrons. The molecule has 1 aliphatic heterocycles. The van der Waals surface area contributed by atoms with Crippen molar-refractivity contribution in [2.75, 3.05) is 0 Å². The molecule has 1 heterocycles. The van der Waals surface area contributed by atoms with Crippen molar-refractivity contribution >= 4 is 0 Å². The van der Waals surface area contributed by atoms with Crippen LogP contribution in [0.1, 0.15) is 12.8 Å². The van der Waals surface area contributed by atoms with Gasteiger partial charge in [-0.3, -0.25) is 0 Å². The van der Waals surface area contributed by atoms with Crippen LogP contribution in [0.3, 0.4) is 0 Å². The van der Waals surface area contributed by atoms with Crippen LogP contribution in [-0.4, -0.2) is 18.1 Å². The molecule has 8 heavy (non-hydrogen) atoms. The van der Waals surface area contributed by atoms with Gasteiger partial charge in [-0.25, -0.2) is 8.78 Å². The summed E-state index contributed by atoms with van der Waals surface area (Å²) in [4.78, 5) is 0. The maximum absolute atomic E-state index is 12.1. The Hall–Kier alpha value is -0.180. The Morgan fingerprint density at radius 1 is 1.25 bits per heavy atom. The predicted molar refractivity (Wildman–Crippen MR) is 22.8 cm³/mol. The van der Waals surface area contributed by atoms with Gasteiger partial charge in [-0.2, -0.15) is 0 Å². The van der Waals surface area contributed by atoms with Crippen LogP contribution in [0.15, 0.2) is 0 Å². The van der Waals surface area contributed by atoms with Gasteiger partial charge in [0.05, 0.1) is 12.2 Å². The van der Waals surface area contributed by atoms with Gasteiger partial charge in [0.1, 0.15) is 0 Å². The second-order valence-corrected chi connectivity index (χ2v) is 2.48. The minimum absolute atomic E-state index is 0.0440. The van der Waals surface area contributed by atoms with Crippen molar-refractivity contribution in [3.8, 4) is 0 Å². The second-order valence-electron chi connectivity index (χ2n) is 2.48. The Kier molecular flexibility index (Phi) is 0.615. The summed E-state index contributed by atoms with van der Waals surface area (Å²) in [5, 5.41) is 0. The van der Waals surface area contributed by atoms with Crippen LogP contribution >= 0.6 is 0 Å². The zero-order valence-corrected chi connectivity index (χ0v) is 4.23. The average Bonchev–Trinajstić information content (AvgIpc) is 2.11. The van der Waals surface area contributed by atoms with Crippen LogP contribution in [0, 0.1) is 0 Å². The lowest BCUT2D eigenvalue weighted by molar-refractivity contribution is -0.0236. The number of fused-ring (bicyclic) bond motifs is 1. The molecule has 0 bridgehead atoms. The fourth-order valence-corrected chi connectivity index (χ4v) is 1.21. The monoisotopic (exact) mass is 120 g/mol. The molecule has 2 fully saturated rings. The Morgan fingerprint density at radius 2 is 1.75 bits per heavy atom. The van der Waals surface area contributed by atoms with Crippen molar-refractivity contribution < 1.29 is 13.5 Å². The van der Waals surface area contributed by atoms with Gasteiger partial charge in [-0.1, -0.05) is 0 Å². The number of halogens is 2. The molecule has 0 aromatic heterocycles. The van der Waals surface area contributed by atoms with E-state index in [-0.39, 0.29) is 25.0 Å². The van der Waals surface area contributed by atoms with Crippen molar-refractivity contribution in [3.05, 3.63) is 0 Å². The van der Waals surface area contributed by atoms with E-state index >= 15 is 0 Å². The Balaban J connectivity index is 2.08. The lowest BCUT2D eigenvalue weighted by Crippen LogP contribution is -2.13. The number of ether oxygens (including phenoxy) is 1. The number of hydrogen-bond acceptors (Lipinski definition) is 1. The largest absolute Gasteiger partial charge is 0.369 e. The summed E-state index contributed by atoms with van der Waals surface area (Å²) in [6.45, 7) is 0. The average molecular weight is 120 g/mol. The van der Waals surface area contributed by atoms with E-state index in [4.69, 9.17) is 4.74 Å². The Bertz CT molecular complexity index is 112. The lowest BCUT2D eigenvalue weighted by Gasteiger charge is -2.07. The highest BCUT2D eigenvalue weighted by Gasteiger charge is 2.57. The first-order valence-corrected chi connectivity index (χ1v) is 2.71. The lowest BCUT2D eigenvalue weighted by atomic mass is 10.3. The van der Waals surface area contributed by atoms with Gasteiger partial charge in [0, 0.05) is 12.8 Å². The van der Waals surface area contributed by atoms with Gasteiger partial charge in [0.2, 0.25) is 0 Å². The predicted octanol–water partition coefficient (Wildman–Crippen LogP) is 1.18. The molecule has 2 atom stereocenters. The summed E-state index contributed by atoms with van der Waals surface area (Å²) >= 11 is 0. The maximum Gasteiger partial charge on any atom is 0.253 e. The summed E-state index contributed by atoms with van der Waals surface area (Å²) < 4.78 is 29.1. The van der Waals surface area contributed by atoms with E-state index in [1.807, 2.05) is 0 Å². The molecule has 1 aliphatic carbocycles. The molecule has 0 N–H and O–H groups in total. The highest BCUT2D eigenvalue weighted by atomic mass is 19.3. The Morgan fingerprint density at radius 3 is 2.00 bits per heavy atom. The molecule has 0 radical (unpaired) electrons. The topological polar surface area (TPSA) is 12.5 Å². The number of epoxide rings is 1. The minimum atomic E-state index is -2.41. The molecule has 1 saturated carbocycles. The number of rotatable bonds is 0. The van der Waals surface area contributed by atoms with Gasteiger partial charge in [0.25, 0.3) is 5.92 Å². The van der Waals surface area contributed by atoms with E-state index < -0.39 is 5.92 Å². The molecule has 0 aromatic rings. The van der Waals surface area contributed by atoms with Crippen LogP contribution < -0.4 is 0 Å². The third kappa shape index (κ3) is 0.540. The normalized spacial score (nSPS) is 48.8. The van der Waals surface area contributed by atoms with Crippen LogP contribution in [0.4, 0.5) is 8.78 Å². The van der Waals surface area contributed by atoms with Gasteiger partial charge in [-0.15, -0.1) is 0 Å². The zero-order valence-electron chi connectivity index (χ0n) is 4.23. The molecular weight excluding hydrogens is 114 g/mol. The van der Waals surface area contributed by atoms with Gasteiger partial charge >= 0.3 is 0 Å². The molecule has 0 spiro atoms. The molecule has 1 saturated heterocycles. The zero-order chi connectivity index (χ0) is 5.78. The molecular formula is C5H6F2O. The molecule has 2 aliphatic rings. The third-order valence-electron chi connectivity index (χ3n) is 1.69. The first-order valence-electron chi connectivity index (χ1n) is 2.71. The quantitative estimate of drug-likeness (QED) is 0.437. The van der Waals surface area contributed by atoms with E-state index in [0.717, 1.165) is 0 Å². The van der Waals surface area contributed by atoms with Crippen molar-refractivity contribution in [2.45, 2.75) is 31.0 Å². The summed E-state index contributed by atoms with van der Waals surface area (Å²) in [6.07, 6.45) is -0.273. The smallest absolute Gasteiger partial charge is 0.253 e. The summed E-state index contributed by atoms with van der Waals surface area (Å²) in [6, 6.07) is 0. The number of hydrogen-bond donors (Lipinski definition) is 0. The van der Waals surface area contributed by atoms with Crippen LogP contribution in [0.2, 0.25) is 0 Å². The SMILES string of the molecule is FC1(F)CC2OC2C1. The number of alkyl halides is 2. The maximum atomic E-state index is 12.1. The van der Waals surface area contributed by atoms with Crippen LogP contribution in [0.25, 0.3) is 0 Å². The van der Waals surface area contributed by atoms with Crippen molar-refractivity contribution in [1.82, 2.24) is 0 Å². The van der Waals surface area contributed by atoms with E-state index in [0.29, 0.717) is 0 Å². The highest BCUT2D eigenvalue weighted by Crippen LogP contribution is 2.47. The fourth-order valence-electron chi connectivity index (χ4n) is 1.21. The fraction of sp³-hybridized carbons (Fsp3) is 1.00. The first-order chi connectivity index (χ1) is 3.67. The summed E-state index contributed by atoms with van der Waals surface area (Å²) in [7, 11) is 0. The van der Waals surface area contributed by atoms with E-state index in [1.165, 1.54) is 0 Å². The standard InChI is InChI=1S/C5H6F2O/c6-5(7)1-3-4(2-5)8-3/h3-4H,1-2H2. The van der Waals surface area contributed by atoms with Crippen molar-refractivity contribution in [2.24, 2.45) is 0 Å². The highest BCUT2D eigenvalue weighted by molar-refractivity contribution is 4.99. The van der Waals surface area contributed by atoms with Gasteiger partial charge in [-0.05, 0) is 0 Å². The van der Waals surface area contributed by atoms with E-state index in [1.54, 1.807) is 0 Å². The van der Waals surface area contributed by atoms with Crippen LogP contribution in [0.5, 0.6) is 0 Å². The van der Waals surface area contributed by atoms with E-state index in [2.05, 4.69) is 0 Å². The summed E-state index contributed by atoms with van der Waals surface area (Å²) in [5.41, 5.74) is 0. The van der Waals surface area contributed by atoms with E-state index in [9.17, 15) is 8.78 Å². The van der Waals surface area contributed by atoms with Crippen molar-refractivity contribution in [1.29, 1.82) is 0 Å². The minimum Gasteiger partial charge on any atom is -0.369 e. The second kappa shape index (κ2) is 1.05. The molecule has 0 aromatic carbocycles. The van der Waals surface area contributed by atoms with Gasteiger partial charge in [0.15, 0.2) is 0 Å². The summed E-state index contributed by atoms with van der Waals surface area (Å²) in [5.74, 6) is -2.41. The molecule has 3 heteroatoms. The first kappa shape index (κ1) is 4.68. The molecule has 2 rings (SSSR count). The molecule has 2 unspecified atom stereocenters. The van der Waals surface area contributed by atoms with Crippen LogP contribution in [-0.2, 0) is 4.74 Å². The Labute approximate surface area is 45.6 Å².